The van der Waals surface area contributed by atoms with Crippen molar-refractivity contribution in [3.63, 3.8) is 0 Å². The van der Waals surface area contributed by atoms with E-state index < -0.39 is 0 Å². The summed E-state index contributed by atoms with van der Waals surface area (Å²) in [5.74, 6) is 0.978. The van der Waals surface area contributed by atoms with Crippen LogP contribution in [0.1, 0.15) is 16.9 Å². The number of fused-ring (bicyclic) bond motifs is 1. The van der Waals surface area contributed by atoms with Crippen LogP contribution in [0.4, 0.5) is 0 Å². The minimum Gasteiger partial charge on any atom is -0.459 e. The highest BCUT2D eigenvalue weighted by Crippen LogP contribution is 2.26. The lowest BCUT2D eigenvalue weighted by Crippen LogP contribution is -2.17. The van der Waals surface area contributed by atoms with Crippen LogP contribution in [0.25, 0.3) is 11.0 Å². The van der Waals surface area contributed by atoms with Gasteiger partial charge >= 0.3 is 0 Å². The topological polar surface area (TPSA) is 42.4 Å². The summed E-state index contributed by atoms with van der Waals surface area (Å²) in [6.07, 6.45) is 0. The molecule has 0 spiro atoms. The SMILES string of the molecule is CN(Cc1ccsc1)Cc1oc2ccccc2c1CN. The summed E-state index contributed by atoms with van der Waals surface area (Å²) in [5.41, 5.74) is 9.28. The predicted octanol–water partition coefficient (Wildman–Crippen LogP) is 3.59. The number of para-hydroxylation sites is 1. The molecule has 104 valence electrons. The van der Waals surface area contributed by atoms with E-state index >= 15 is 0 Å². The highest BCUT2D eigenvalue weighted by atomic mass is 32.1. The molecule has 0 aliphatic rings. The van der Waals surface area contributed by atoms with Gasteiger partial charge in [-0.2, -0.15) is 11.3 Å². The van der Waals surface area contributed by atoms with Crippen molar-refractivity contribution in [1.29, 1.82) is 0 Å². The van der Waals surface area contributed by atoms with Gasteiger partial charge in [0.05, 0.1) is 6.54 Å². The van der Waals surface area contributed by atoms with Gasteiger partial charge in [-0.05, 0) is 35.5 Å². The van der Waals surface area contributed by atoms with Gasteiger partial charge in [-0.15, -0.1) is 0 Å². The van der Waals surface area contributed by atoms with Crippen LogP contribution >= 0.6 is 11.3 Å². The van der Waals surface area contributed by atoms with Gasteiger partial charge in [-0.3, -0.25) is 4.90 Å². The molecular weight excluding hydrogens is 268 g/mol. The Morgan fingerprint density at radius 3 is 2.80 bits per heavy atom. The molecule has 2 aromatic heterocycles. The monoisotopic (exact) mass is 286 g/mol. The first kappa shape index (κ1) is 13.4. The fraction of sp³-hybridized carbons (Fsp3) is 0.250. The smallest absolute Gasteiger partial charge is 0.134 e. The number of rotatable bonds is 5. The third kappa shape index (κ3) is 2.63. The van der Waals surface area contributed by atoms with Gasteiger partial charge in [0, 0.05) is 24.0 Å². The lowest BCUT2D eigenvalue weighted by atomic mass is 10.1. The normalized spacial score (nSPS) is 11.6. The minimum atomic E-state index is 0.513. The fourth-order valence-corrected chi connectivity index (χ4v) is 3.16. The Hall–Kier alpha value is -1.62. The Labute approximate surface area is 122 Å². The second-order valence-corrected chi connectivity index (χ2v) is 5.79. The van der Waals surface area contributed by atoms with Crippen LogP contribution in [0.2, 0.25) is 0 Å². The van der Waals surface area contributed by atoms with E-state index in [4.69, 9.17) is 10.2 Å². The van der Waals surface area contributed by atoms with Crippen molar-refractivity contribution in [3.05, 3.63) is 58.0 Å². The van der Waals surface area contributed by atoms with Crippen molar-refractivity contribution < 1.29 is 4.42 Å². The number of thiophene rings is 1. The quantitative estimate of drug-likeness (QED) is 0.779. The van der Waals surface area contributed by atoms with Gasteiger partial charge in [0.1, 0.15) is 11.3 Å². The van der Waals surface area contributed by atoms with Gasteiger partial charge in [0.25, 0.3) is 0 Å². The number of furan rings is 1. The van der Waals surface area contributed by atoms with Crippen LogP contribution in [0.3, 0.4) is 0 Å². The number of nitrogens with two attached hydrogens (primary N) is 1. The molecule has 3 nitrogen and oxygen atoms in total. The summed E-state index contributed by atoms with van der Waals surface area (Å²) >= 11 is 1.73. The maximum absolute atomic E-state index is 5.96. The first-order chi connectivity index (χ1) is 9.78. The molecule has 3 aromatic rings. The summed E-state index contributed by atoms with van der Waals surface area (Å²) < 4.78 is 5.96. The van der Waals surface area contributed by atoms with Gasteiger partial charge in [0.2, 0.25) is 0 Å². The van der Waals surface area contributed by atoms with Crippen molar-refractivity contribution >= 4 is 22.3 Å². The van der Waals surface area contributed by atoms with E-state index in [1.54, 1.807) is 11.3 Å². The molecule has 3 rings (SSSR count). The van der Waals surface area contributed by atoms with Gasteiger partial charge in [-0.25, -0.2) is 0 Å². The molecular formula is C16H18N2OS. The van der Waals surface area contributed by atoms with Crippen molar-refractivity contribution in [3.8, 4) is 0 Å². The van der Waals surface area contributed by atoms with Crippen LogP contribution in [-0.2, 0) is 19.6 Å². The van der Waals surface area contributed by atoms with Gasteiger partial charge in [0.15, 0.2) is 0 Å². The summed E-state index contributed by atoms with van der Waals surface area (Å²) in [6, 6.07) is 10.2. The van der Waals surface area contributed by atoms with Gasteiger partial charge < -0.3 is 10.2 Å². The Morgan fingerprint density at radius 1 is 1.20 bits per heavy atom. The van der Waals surface area contributed by atoms with Crippen LogP contribution in [0, 0.1) is 0 Å². The summed E-state index contributed by atoms with van der Waals surface area (Å²) in [4.78, 5) is 2.25. The molecule has 1 aromatic carbocycles. The fourth-order valence-electron chi connectivity index (χ4n) is 2.50. The van der Waals surface area contributed by atoms with E-state index in [1.165, 1.54) is 5.56 Å². The van der Waals surface area contributed by atoms with Crippen molar-refractivity contribution in [1.82, 2.24) is 4.90 Å². The van der Waals surface area contributed by atoms with Crippen LogP contribution in [0.5, 0.6) is 0 Å². The van der Waals surface area contributed by atoms with E-state index in [9.17, 15) is 0 Å². The molecule has 0 aliphatic heterocycles. The zero-order valence-electron chi connectivity index (χ0n) is 11.5. The highest BCUT2D eigenvalue weighted by molar-refractivity contribution is 7.07. The lowest BCUT2D eigenvalue weighted by molar-refractivity contribution is 0.290. The Kier molecular flexibility index (Phi) is 3.87. The molecule has 0 bridgehead atoms. The summed E-state index contributed by atoms with van der Waals surface area (Å²) in [7, 11) is 2.10. The van der Waals surface area contributed by atoms with E-state index in [1.807, 2.05) is 18.2 Å². The van der Waals surface area contributed by atoms with Gasteiger partial charge in [-0.1, -0.05) is 18.2 Å². The van der Waals surface area contributed by atoms with Crippen LogP contribution < -0.4 is 5.73 Å². The summed E-state index contributed by atoms with van der Waals surface area (Å²) in [6.45, 7) is 2.21. The maximum atomic E-state index is 5.96. The molecule has 0 amide bonds. The molecule has 2 N–H and O–H groups in total. The van der Waals surface area contributed by atoms with E-state index in [0.717, 1.165) is 35.4 Å². The molecule has 0 saturated heterocycles. The van der Waals surface area contributed by atoms with E-state index in [2.05, 4.69) is 34.8 Å². The zero-order valence-corrected chi connectivity index (χ0v) is 12.3. The van der Waals surface area contributed by atoms with Crippen molar-refractivity contribution in [2.45, 2.75) is 19.6 Å². The second-order valence-electron chi connectivity index (χ2n) is 5.01. The average Bonchev–Trinajstić information content (AvgIpc) is 3.05. The average molecular weight is 286 g/mol. The Bertz CT molecular complexity index is 688. The second kappa shape index (κ2) is 5.79. The lowest BCUT2D eigenvalue weighted by Gasteiger charge is -2.15. The minimum absolute atomic E-state index is 0.513. The van der Waals surface area contributed by atoms with E-state index in [0.29, 0.717) is 6.54 Å². The summed E-state index contributed by atoms with van der Waals surface area (Å²) in [5, 5.41) is 5.42. The molecule has 0 unspecified atom stereocenters. The third-order valence-electron chi connectivity index (χ3n) is 3.43. The molecule has 0 radical (unpaired) electrons. The predicted molar refractivity (Wildman–Crippen MR) is 83.6 cm³/mol. The largest absolute Gasteiger partial charge is 0.459 e. The number of hydrogen-bond acceptors (Lipinski definition) is 4. The maximum Gasteiger partial charge on any atom is 0.134 e. The number of benzene rings is 1. The molecule has 0 fully saturated rings. The van der Waals surface area contributed by atoms with E-state index in [-0.39, 0.29) is 0 Å². The Balaban J connectivity index is 1.83. The number of hydrogen-bond donors (Lipinski definition) is 1. The molecule has 20 heavy (non-hydrogen) atoms. The third-order valence-corrected chi connectivity index (χ3v) is 4.16. The standard InChI is InChI=1S/C16H18N2OS/c1-18(9-12-6-7-20-11-12)10-16-14(8-17)13-4-2-3-5-15(13)19-16/h2-7,11H,8-10,17H2,1H3. The first-order valence-corrected chi connectivity index (χ1v) is 7.61. The van der Waals surface area contributed by atoms with Crippen molar-refractivity contribution in [2.75, 3.05) is 7.05 Å². The first-order valence-electron chi connectivity index (χ1n) is 6.67. The van der Waals surface area contributed by atoms with Crippen LogP contribution in [0.15, 0.2) is 45.5 Å². The molecule has 0 atom stereocenters. The molecule has 2 heterocycles. The highest BCUT2D eigenvalue weighted by Gasteiger charge is 2.14. The van der Waals surface area contributed by atoms with Crippen molar-refractivity contribution in [2.24, 2.45) is 5.73 Å². The zero-order chi connectivity index (χ0) is 13.9. The molecule has 0 aliphatic carbocycles. The van der Waals surface area contributed by atoms with Crippen LogP contribution in [-0.4, -0.2) is 11.9 Å². The number of nitrogens with zero attached hydrogens (tertiary/aromatic N) is 1. The molecule has 4 heteroatoms. The molecule has 0 saturated carbocycles. The Morgan fingerprint density at radius 2 is 2.05 bits per heavy atom.